The normalized spacial score (nSPS) is 15.6. The Balaban J connectivity index is 2.05. The Kier molecular flexibility index (Phi) is 4.79. The van der Waals surface area contributed by atoms with Crippen molar-refractivity contribution in [3.63, 3.8) is 0 Å². The lowest BCUT2D eigenvalue weighted by Crippen LogP contribution is -2.35. The van der Waals surface area contributed by atoms with Gasteiger partial charge in [-0.2, -0.15) is 0 Å². The molecule has 1 aromatic carbocycles. The van der Waals surface area contributed by atoms with E-state index in [0.717, 1.165) is 38.8 Å². The summed E-state index contributed by atoms with van der Waals surface area (Å²) in [5.41, 5.74) is 0.300. The number of carbonyl (C=O) groups is 1. The van der Waals surface area contributed by atoms with E-state index in [1.54, 1.807) is 4.90 Å². The fourth-order valence-corrected chi connectivity index (χ4v) is 2.41. The van der Waals surface area contributed by atoms with Crippen molar-refractivity contribution in [2.45, 2.75) is 25.7 Å². The molecule has 1 aliphatic heterocycles. The van der Waals surface area contributed by atoms with E-state index in [9.17, 15) is 14.9 Å². The van der Waals surface area contributed by atoms with Crippen molar-refractivity contribution in [2.75, 3.05) is 18.4 Å². The zero-order valence-electron chi connectivity index (χ0n) is 11.0. The Labute approximate surface area is 121 Å². The minimum Gasteiger partial charge on any atom is -0.325 e. The average Bonchev–Trinajstić information content (AvgIpc) is 2.69. The molecule has 1 aromatic rings. The predicted octanol–water partition coefficient (Wildman–Crippen LogP) is 3.66. The molecule has 1 fully saturated rings. The number of hydrogen-bond donors (Lipinski definition) is 1. The minimum atomic E-state index is -0.522. The Morgan fingerprint density at radius 2 is 1.90 bits per heavy atom. The van der Waals surface area contributed by atoms with Crippen LogP contribution in [0.5, 0.6) is 0 Å². The molecular weight excluding hydrogens is 282 g/mol. The molecule has 0 saturated carbocycles. The van der Waals surface area contributed by atoms with E-state index in [1.165, 1.54) is 18.2 Å². The number of likely N-dealkylation sites (tertiary alicyclic amines) is 1. The van der Waals surface area contributed by atoms with E-state index < -0.39 is 4.92 Å². The van der Waals surface area contributed by atoms with Gasteiger partial charge in [0.1, 0.15) is 0 Å². The van der Waals surface area contributed by atoms with Crippen molar-refractivity contribution >= 4 is 29.0 Å². The van der Waals surface area contributed by atoms with Gasteiger partial charge in [-0.15, -0.1) is 0 Å². The number of nitrogens with one attached hydrogen (secondary N) is 1. The number of rotatable bonds is 2. The number of nitro groups is 1. The first kappa shape index (κ1) is 14.6. The molecular formula is C13H16ClN3O3. The number of anilines is 1. The number of nitrogens with zero attached hydrogens (tertiary/aromatic N) is 2. The van der Waals surface area contributed by atoms with Gasteiger partial charge in [0.15, 0.2) is 0 Å². The predicted molar refractivity (Wildman–Crippen MR) is 77.2 cm³/mol. The van der Waals surface area contributed by atoms with Crippen LogP contribution in [0.2, 0.25) is 5.02 Å². The van der Waals surface area contributed by atoms with Crippen LogP contribution in [0.1, 0.15) is 25.7 Å². The highest BCUT2D eigenvalue weighted by molar-refractivity contribution is 6.33. The fraction of sp³-hybridized carbons (Fsp3) is 0.462. The first-order chi connectivity index (χ1) is 9.58. The molecule has 0 bridgehead atoms. The van der Waals surface area contributed by atoms with Gasteiger partial charge in [0, 0.05) is 25.2 Å². The van der Waals surface area contributed by atoms with Crippen LogP contribution in [0.4, 0.5) is 16.2 Å². The summed E-state index contributed by atoms with van der Waals surface area (Å²) in [7, 11) is 0. The molecule has 1 N–H and O–H groups in total. The van der Waals surface area contributed by atoms with E-state index >= 15 is 0 Å². The molecule has 0 aromatic heterocycles. The Hall–Kier alpha value is -1.82. The van der Waals surface area contributed by atoms with Crippen LogP contribution in [0.3, 0.4) is 0 Å². The SMILES string of the molecule is O=C(Nc1ccc([N+](=O)[O-])cc1Cl)N1CCCCCC1. The summed E-state index contributed by atoms with van der Waals surface area (Å²) in [6, 6.07) is 3.81. The van der Waals surface area contributed by atoms with Gasteiger partial charge in [0.2, 0.25) is 0 Å². The van der Waals surface area contributed by atoms with Gasteiger partial charge in [0.05, 0.1) is 15.6 Å². The van der Waals surface area contributed by atoms with E-state index in [-0.39, 0.29) is 16.7 Å². The largest absolute Gasteiger partial charge is 0.325 e. The Morgan fingerprint density at radius 3 is 2.45 bits per heavy atom. The molecule has 2 rings (SSSR count). The lowest BCUT2D eigenvalue weighted by Gasteiger charge is -2.21. The summed E-state index contributed by atoms with van der Waals surface area (Å²) >= 11 is 5.95. The van der Waals surface area contributed by atoms with Crippen molar-refractivity contribution in [3.8, 4) is 0 Å². The van der Waals surface area contributed by atoms with Gasteiger partial charge < -0.3 is 10.2 Å². The number of nitro benzene ring substituents is 1. The molecule has 0 spiro atoms. The number of halogens is 1. The van der Waals surface area contributed by atoms with Crippen LogP contribution in [-0.2, 0) is 0 Å². The molecule has 0 radical (unpaired) electrons. The third-order valence-corrected chi connectivity index (χ3v) is 3.61. The highest BCUT2D eigenvalue weighted by Gasteiger charge is 2.17. The molecule has 6 nitrogen and oxygen atoms in total. The van der Waals surface area contributed by atoms with Gasteiger partial charge in [0.25, 0.3) is 5.69 Å². The maximum Gasteiger partial charge on any atom is 0.321 e. The highest BCUT2D eigenvalue weighted by Crippen LogP contribution is 2.27. The first-order valence-corrected chi connectivity index (χ1v) is 6.95. The summed E-state index contributed by atoms with van der Waals surface area (Å²) in [5, 5.41) is 13.5. The zero-order chi connectivity index (χ0) is 14.5. The summed E-state index contributed by atoms with van der Waals surface area (Å²) in [6.45, 7) is 1.47. The fourth-order valence-electron chi connectivity index (χ4n) is 2.19. The van der Waals surface area contributed by atoms with E-state index in [2.05, 4.69) is 5.32 Å². The minimum absolute atomic E-state index is 0.0947. The number of hydrogen-bond acceptors (Lipinski definition) is 3. The standard InChI is InChI=1S/C13H16ClN3O3/c14-11-9-10(17(19)20)5-6-12(11)15-13(18)16-7-3-1-2-4-8-16/h5-6,9H,1-4,7-8H2,(H,15,18). The molecule has 1 aliphatic rings. The number of amides is 2. The number of non-ortho nitro benzene ring substituents is 1. The van der Waals surface area contributed by atoms with Gasteiger partial charge >= 0.3 is 6.03 Å². The van der Waals surface area contributed by atoms with Crippen LogP contribution >= 0.6 is 11.6 Å². The number of urea groups is 1. The van der Waals surface area contributed by atoms with Crippen LogP contribution in [0.15, 0.2) is 18.2 Å². The van der Waals surface area contributed by atoms with Crippen LogP contribution in [-0.4, -0.2) is 28.9 Å². The maximum absolute atomic E-state index is 12.1. The molecule has 0 unspecified atom stereocenters. The average molecular weight is 298 g/mol. The smallest absolute Gasteiger partial charge is 0.321 e. The molecule has 2 amide bonds. The van der Waals surface area contributed by atoms with Gasteiger partial charge in [-0.1, -0.05) is 24.4 Å². The maximum atomic E-state index is 12.1. The van der Waals surface area contributed by atoms with E-state index in [4.69, 9.17) is 11.6 Å². The number of carbonyl (C=O) groups excluding carboxylic acids is 1. The van der Waals surface area contributed by atoms with E-state index in [0.29, 0.717) is 5.69 Å². The molecule has 7 heteroatoms. The van der Waals surface area contributed by atoms with Gasteiger partial charge in [-0.05, 0) is 18.9 Å². The Bertz CT molecular complexity index is 514. The summed E-state index contributed by atoms with van der Waals surface area (Å²) in [5.74, 6) is 0. The molecule has 0 aliphatic carbocycles. The lowest BCUT2D eigenvalue weighted by atomic mass is 10.2. The highest BCUT2D eigenvalue weighted by atomic mass is 35.5. The third kappa shape index (κ3) is 3.60. The molecule has 108 valence electrons. The van der Waals surface area contributed by atoms with Gasteiger partial charge in [-0.3, -0.25) is 10.1 Å². The molecule has 0 atom stereocenters. The van der Waals surface area contributed by atoms with Crippen molar-refractivity contribution in [3.05, 3.63) is 33.3 Å². The third-order valence-electron chi connectivity index (χ3n) is 3.30. The monoisotopic (exact) mass is 297 g/mol. The Morgan fingerprint density at radius 1 is 1.25 bits per heavy atom. The van der Waals surface area contributed by atoms with Crippen LogP contribution in [0.25, 0.3) is 0 Å². The zero-order valence-corrected chi connectivity index (χ0v) is 11.7. The second-order valence-corrected chi connectivity index (χ2v) is 5.16. The second kappa shape index (κ2) is 6.56. The van der Waals surface area contributed by atoms with Crippen LogP contribution < -0.4 is 5.32 Å². The van der Waals surface area contributed by atoms with Crippen molar-refractivity contribution in [1.82, 2.24) is 4.90 Å². The lowest BCUT2D eigenvalue weighted by molar-refractivity contribution is -0.384. The molecule has 20 heavy (non-hydrogen) atoms. The van der Waals surface area contributed by atoms with E-state index in [1.807, 2.05) is 0 Å². The first-order valence-electron chi connectivity index (χ1n) is 6.58. The quantitative estimate of drug-likeness (QED) is 0.668. The summed E-state index contributed by atoms with van der Waals surface area (Å²) in [4.78, 5) is 24.0. The molecule has 1 heterocycles. The van der Waals surface area contributed by atoms with Crippen LogP contribution in [0, 0.1) is 10.1 Å². The summed E-state index contributed by atoms with van der Waals surface area (Å²) in [6.07, 6.45) is 4.28. The number of benzene rings is 1. The van der Waals surface area contributed by atoms with Crippen molar-refractivity contribution < 1.29 is 9.72 Å². The van der Waals surface area contributed by atoms with Crippen molar-refractivity contribution in [2.24, 2.45) is 0 Å². The summed E-state index contributed by atoms with van der Waals surface area (Å²) < 4.78 is 0. The molecule has 1 saturated heterocycles. The topological polar surface area (TPSA) is 75.5 Å². The van der Waals surface area contributed by atoms with Crippen molar-refractivity contribution in [1.29, 1.82) is 0 Å². The van der Waals surface area contributed by atoms with Gasteiger partial charge in [-0.25, -0.2) is 4.79 Å². The second-order valence-electron chi connectivity index (χ2n) is 4.75.